The van der Waals surface area contributed by atoms with Crippen molar-refractivity contribution in [3.8, 4) is 0 Å². The molecule has 8 heteroatoms. The van der Waals surface area contributed by atoms with Gasteiger partial charge in [-0.2, -0.15) is 0 Å². The highest BCUT2D eigenvalue weighted by Crippen LogP contribution is 2.40. The summed E-state index contributed by atoms with van der Waals surface area (Å²) in [7, 11) is -8.73. The minimum Gasteiger partial charge on any atom is -0.396 e. The van der Waals surface area contributed by atoms with E-state index in [-0.39, 0.29) is 9.79 Å². The Hall–Kier alpha value is -2.19. The standard InChI is InChI=1S/C23H23ClO5S2/c1-17(16-25)22(18-9-8-10-19(24)15-18)23(30(26,27)20-11-4-2-5-12-20)31(28,29)21-13-6-3-7-14-21/h2-15,17,22-23,25H,16H2,1H3. The van der Waals surface area contributed by atoms with Gasteiger partial charge in [0.15, 0.2) is 24.3 Å². The van der Waals surface area contributed by atoms with Crippen LogP contribution in [0.15, 0.2) is 94.7 Å². The second-order valence-electron chi connectivity index (χ2n) is 7.33. The zero-order valence-electron chi connectivity index (χ0n) is 16.8. The monoisotopic (exact) mass is 478 g/mol. The van der Waals surface area contributed by atoms with Crippen LogP contribution in [0.4, 0.5) is 0 Å². The quantitative estimate of drug-likeness (QED) is 0.520. The van der Waals surface area contributed by atoms with Crippen LogP contribution in [0.3, 0.4) is 0 Å². The third kappa shape index (κ3) is 4.85. The summed E-state index contributed by atoms with van der Waals surface area (Å²) in [6, 6.07) is 21.4. The van der Waals surface area contributed by atoms with Crippen molar-refractivity contribution in [1.82, 2.24) is 0 Å². The molecule has 0 aliphatic carbocycles. The van der Waals surface area contributed by atoms with Crippen molar-refractivity contribution in [1.29, 1.82) is 0 Å². The van der Waals surface area contributed by atoms with E-state index < -0.39 is 42.7 Å². The van der Waals surface area contributed by atoms with Gasteiger partial charge in [-0.3, -0.25) is 0 Å². The fourth-order valence-electron chi connectivity index (χ4n) is 3.62. The second-order valence-corrected chi connectivity index (χ2v) is 12.2. The lowest BCUT2D eigenvalue weighted by Gasteiger charge is -2.31. The van der Waals surface area contributed by atoms with E-state index in [9.17, 15) is 21.9 Å². The van der Waals surface area contributed by atoms with Gasteiger partial charge in [-0.05, 0) is 47.9 Å². The van der Waals surface area contributed by atoms with E-state index in [2.05, 4.69) is 0 Å². The minimum absolute atomic E-state index is 0.100. The van der Waals surface area contributed by atoms with Crippen molar-refractivity contribution >= 4 is 31.3 Å². The van der Waals surface area contributed by atoms with Gasteiger partial charge in [0.2, 0.25) is 0 Å². The highest BCUT2D eigenvalue weighted by molar-refractivity contribution is 8.09. The summed E-state index contributed by atoms with van der Waals surface area (Å²) in [4.78, 5) is -0.201. The molecule has 5 nitrogen and oxygen atoms in total. The number of hydrogen-bond donors (Lipinski definition) is 1. The lowest BCUT2D eigenvalue weighted by molar-refractivity contribution is 0.218. The molecule has 0 heterocycles. The van der Waals surface area contributed by atoms with Crippen LogP contribution in [0.5, 0.6) is 0 Å². The third-order valence-corrected chi connectivity index (χ3v) is 10.6. The van der Waals surface area contributed by atoms with Gasteiger partial charge in [-0.25, -0.2) is 16.8 Å². The number of halogens is 1. The smallest absolute Gasteiger partial charge is 0.196 e. The van der Waals surface area contributed by atoms with Gasteiger partial charge in [-0.1, -0.05) is 67.1 Å². The molecule has 3 rings (SSSR count). The summed E-state index contributed by atoms with van der Waals surface area (Å²) < 4.78 is 53.3. The molecule has 0 fully saturated rings. The van der Waals surface area contributed by atoms with Crippen LogP contribution >= 0.6 is 11.6 Å². The Kier molecular flexibility index (Phi) is 7.21. The molecule has 0 saturated heterocycles. The average Bonchev–Trinajstić information content (AvgIpc) is 2.77. The van der Waals surface area contributed by atoms with Crippen LogP contribution in [-0.2, 0) is 19.7 Å². The predicted octanol–water partition coefficient (Wildman–Crippen LogP) is 4.33. The summed E-state index contributed by atoms with van der Waals surface area (Å²) in [6.45, 7) is 1.22. The molecule has 0 aromatic heterocycles. The molecule has 3 aromatic rings. The Balaban J connectivity index is 2.33. The molecule has 0 spiro atoms. The van der Waals surface area contributed by atoms with E-state index >= 15 is 0 Å². The van der Waals surface area contributed by atoms with Gasteiger partial charge in [0.05, 0.1) is 9.79 Å². The summed E-state index contributed by atoms with van der Waals surface area (Å²) in [5, 5.41) is 10.3. The molecule has 0 saturated carbocycles. The van der Waals surface area contributed by atoms with Gasteiger partial charge < -0.3 is 5.11 Å². The minimum atomic E-state index is -4.36. The van der Waals surface area contributed by atoms with Crippen molar-refractivity contribution in [3.63, 3.8) is 0 Å². The Bertz CT molecular complexity index is 1160. The predicted molar refractivity (Wildman–Crippen MR) is 121 cm³/mol. The highest BCUT2D eigenvalue weighted by atomic mass is 35.5. The van der Waals surface area contributed by atoms with Crippen molar-refractivity contribution in [2.45, 2.75) is 27.2 Å². The lowest BCUT2D eigenvalue weighted by atomic mass is 9.89. The van der Waals surface area contributed by atoms with Crippen molar-refractivity contribution < 1.29 is 21.9 Å². The highest BCUT2D eigenvalue weighted by Gasteiger charge is 2.47. The normalized spacial score (nSPS) is 14.3. The van der Waals surface area contributed by atoms with Gasteiger partial charge in [0.25, 0.3) is 0 Å². The topological polar surface area (TPSA) is 88.5 Å². The molecule has 0 bridgehead atoms. The van der Waals surface area contributed by atoms with E-state index in [1.165, 1.54) is 24.3 Å². The maximum absolute atomic E-state index is 13.8. The molecular weight excluding hydrogens is 456 g/mol. The first kappa shape index (κ1) is 23.5. The lowest BCUT2D eigenvalue weighted by Crippen LogP contribution is -2.40. The molecule has 3 aromatic carbocycles. The first-order valence-corrected chi connectivity index (χ1v) is 13.1. The van der Waals surface area contributed by atoms with E-state index in [1.807, 2.05) is 0 Å². The zero-order chi connectivity index (χ0) is 22.6. The van der Waals surface area contributed by atoms with Crippen molar-refractivity contribution in [2.75, 3.05) is 6.61 Å². The number of benzene rings is 3. The fraction of sp³-hybridized carbons (Fsp3) is 0.217. The Morgan fingerprint density at radius 1 is 0.774 bits per heavy atom. The molecule has 0 radical (unpaired) electrons. The Morgan fingerprint density at radius 3 is 1.68 bits per heavy atom. The Labute approximate surface area is 188 Å². The van der Waals surface area contributed by atoms with Crippen LogP contribution in [-0.4, -0.2) is 33.1 Å². The van der Waals surface area contributed by atoms with E-state index in [0.29, 0.717) is 10.6 Å². The summed E-state index contributed by atoms with van der Waals surface area (Å²) >= 11 is 6.14. The van der Waals surface area contributed by atoms with E-state index in [4.69, 9.17) is 11.6 Å². The van der Waals surface area contributed by atoms with Gasteiger partial charge in [-0.15, -0.1) is 0 Å². The van der Waals surface area contributed by atoms with Crippen molar-refractivity contribution in [2.24, 2.45) is 5.92 Å². The summed E-state index contributed by atoms with van der Waals surface area (Å²) in [5.41, 5.74) is 0.429. The average molecular weight is 479 g/mol. The number of aliphatic hydroxyl groups excluding tert-OH is 1. The molecule has 1 N–H and O–H groups in total. The van der Waals surface area contributed by atoms with Gasteiger partial charge in [0.1, 0.15) is 0 Å². The van der Waals surface area contributed by atoms with Crippen LogP contribution in [0.2, 0.25) is 5.02 Å². The Morgan fingerprint density at radius 2 is 1.26 bits per heavy atom. The number of rotatable bonds is 8. The number of aliphatic hydroxyl groups is 1. The van der Waals surface area contributed by atoms with E-state index in [1.54, 1.807) is 67.6 Å². The van der Waals surface area contributed by atoms with Crippen LogP contribution in [0.1, 0.15) is 18.4 Å². The van der Waals surface area contributed by atoms with Crippen LogP contribution in [0.25, 0.3) is 0 Å². The first-order chi connectivity index (χ1) is 14.7. The summed E-state index contributed by atoms with van der Waals surface area (Å²) in [6.07, 6.45) is 0. The maximum Gasteiger partial charge on any atom is 0.196 e. The van der Waals surface area contributed by atoms with E-state index in [0.717, 1.165) is 0 Å². The fourth-order valence-corrected chi connectivity index (χ4v) is 9.05. The maximum atomic E-state index is 13.8. The SMILES string of the molecule is CC(CO)C(c1cccc(Cl)c1)C(S(=O)(=O)c1ccccc1)S(=O)(=O)c1ccccc1. The number of sulfone groups is 2. The molecule has 2 atom stereocenters. The molecule has 2 unspecified atom stereocenters. The molecule has 164 valence electrons. The largest absolute Gasteiger partial charge is 0.396 e. The molecule has 0 aliphatic rings. The van der Waals surface area contributed by atoms with Crippen molar-refractivity contribution in [3.05, 3.63) is 95.5 Å². The molecule has 0 amide bonds. The molecule has 31 heavy (non-hydrogen) atoms. The molecule has 0 aliphatic heterocycles. The first-order valence-electron chi connectivity index (χ1n) is 9.64. The summed E-state index contributed by atoms with van der Waals surface area (Å²) in [5.74, 6) is -1.74. The van der Waals surface area contributed by atoms with Gasteiger partial charge in [0, 0.05) is 17.5 Å². The number of hydrogen-bond acceptors (Lipinski definition) is 5. The third-order valence-electron chi connectivity index (χ3n) is 5.18. The zero-order valence-corrected chi connectivity index (χ0v) is 19.2. The second kappa shape index (κ2) is 9.53. The van der Waals surface area contributed by atoms with Gasteiger partial charge >= 0.3 is 0 Å². The van der Waals surface area contributed by atoms with Crippen LogP contribution < -0.4 is 0 Å². The van der Waals surface area contributed by atoms with Crippen LogP contribution in [0, 0.1) is 5.92 Å². The molecular formula is C23H23ClO5S2.